The molecule has 24 heavy (non-hydrogen) atoms. The van der Waals surface area contributed by atoms with Gasteiger partial charge in [-0.1, -0.05) is 0 Å². The highest BCUT2D eigenvalue weighted by Gasteiger charge is 2.15. The number of hydrogen-bond acceptors (Lipinski definition) is 6. The number of benzene rings is 1. The van der Waals surface area contributed by atoms with Crippen LogP contribution in [0.1, 0.15) is 10.4 Å². The van der Waals surface area contributed by atoms with Gasteiger partial charge in [-0.05, 0) is 45.8 Å². The summed E-state index contributed by atoms with van der Waals surface area (Å²) in [6, 6.07) is 9.76. The lowest BCUT2D eigenvalue weighted by Gasteiger charge is -2.21. The van der Waals surface area contributed by atoms with Crippen LogP contribution in [-0.2, 0) is 22.6 Å². The summed E-state index contributed by atoms with van der Waals surface area (Å²) in [5, 5.41) is 0. The summed E-state index contributed by atoms with van der Waals surface area (Å²) in [5.41, 5.74) is 1.01. The molecule has 1 aromatic heterocycles. The largest absolute Gasteiger partial charge is 0.497 e. The number of ether oxygens (including phenoxy) is 3. The minimum Gasteiger partial charge on any atom is -0.497 e. The maximum absolute atomic E-state index is 11.7. The van der Waals surface area contributed by atoms with Crippen molar-refractivity contribution in [2.75, 3.05) is 27.9 Å². The van der Waals surface area contributed by atoms with E-state index in [4.69, 9.17) is 14.2 Å². The van der Waals surface area contributed by atoms with E-state index in [1.54, 1.807) is 25.6 Å². The fraction of sp³-hybridized carbons (Fsp3) is 0.353. The Kier molecular flexibility index (Phi) is 7.08. The quantitative estimate of drug-likeness (QED) is 0.617. The smallest absolute Gasteiger partial charge is 0.319 e. The molecule has 2 aromatic rings. The van der Waals surface area contributed by atoms with Gasteiger partial charge in [0.2, 0.25) is 0 Å². The number of methoxy groups -OCH3 is 3. The van der Waals surface area contributed by atoms with Gasteiger partial charge in [0.15, 0.2) is 0 Å². The Morgan fingerprint density at radius 1 is 1.08 bits per heavy atom. The topological polar surface area (TPSA) is 48.0 Å². The Labute approximate surface area is 154 Å². The highest BCUT2D eigenvalue weighted by atomic mass is 79.9. The van der Waals surface area contributed by atoms with E-state index in [1.807, 2.05) is 35.2 Å². The molecule has 0 saturated heterocycles. The van der Waals surface area contributed by atoms with Crippen LogP contribution in [0.15, 0.2) is 34.1 Å². The van der Waals surface area contributed by atoms with Crippen molar-refractivity contribution in [3.63, 3.8) is 0 Å². The minimum absolute atomic E-state index is 0.214. The van der Waals surface area contributed by atoms with Crippen LogP contribution in [0.25, 0.3) is 0 Å². The molecule has 0 spiro atoms. The highest BCUT2D eigenvalue weighted by Crippen LogP contribution is 2.26. The van der Waals surface area contributed by atoms with Crippen molar-refractivity contribution >= 4 is 33.2 Å². The number of carbonyl (C=O) groups excluding carboxylic acids is 1. The molecule has 0 N–H and O–H groups in total. The molecule has 0 aliphatic heterocycles. The standard InChI is InChI=1S/C17H20BrNO4S/c1-21-13-6-12(7-14(8-13)22-2)9-19(11-17(20)23-3)10-15-4-5-16(18)24-15/h4-8H,9-11H2,1-3H3. The fourth-order valence-electron chi connectivity index (χ4n) is 2.29. The number of halogens is 1. The molecule has 5 nitrogen and oxygen atoms in total. The number of thiophene rings is 1. The Bertz CT molecular complexity index is 667. The lowest BCUT2D eigenvalue weighted by atomic mass is 10.2. The molecule has 0 saturated carbocycles. The van der Waals surface area contributed by atoms with Crippen LogP contribution in [0.3, 0.4) is 0 Å². The summed E-state index contributed by atoms with van der Waals surface area (Å²) in [6.45, 7) is 1.45. The highest BCUT2D eigenvalue weighted by molar-refractivity contribution is 9.11. The van der Waals surface area contributed by atoms with E-state index in [0.29, 0.717) is 13.1 Å². The molecule has 0 aliphatic carbocycles. The number of rotatable bonds is 8. The van der Waals surface area contributed by atoms with Crippen LogP contribution in [-0.4, -0.2) is 38.7 Å². The summed E-state index contributed by atoms with van der Waals surface area (Å²) >= 11 is 5.12. The number of hydrogen-bond donors (Lipinski definition) is 0. The average Bonchev–Trinajstić information content (AvgIpc) is 2.98. The van der Waals surface area contributed by atoms with E-state index >= 15 is 0 Å². The fourth-order valence-corrected chi connectivity index (χ4v) is 3.81. The molecule has 7 heteroatoms. The van der Waals surface area contributed by atoms with Crippen molar-refractivity contribution in [3.05, 3.63) is 44.6 Å². The molecule has 0 bridgehead atoms. The zero-order valence-electron chi connectivity index (χ0n) is 13.9. The number of carbonyl (C=O) groups is 1. The molecule has 130 valence electrons. The summed E-state index contributed by atoms with van der Waals surface area (Å²) in [6.07, 6.45) is 0. The van der Waals surface area contributed by atoms with Crippen LogP contribution < -0.4 is 9.47 Å². The van der Waals surface area contributed by atoms with E-state index in [1.165, 1.54) is 12.0 Å². The van der Waals surface area contributed by atoms with Crippen molar-refractivity contribution in [1.82, 2.24) is 4.90 Å². The summed E-state index contributed by atoms with van der Waals surface area (Å²) in [4.78, 5) is 14.9. The number of nitrogens with zero attached hydrogens (tertiary/aromatic N) is 1. The van der Waals surface area contributed by atoms with E-state index in [-0.39, 0.29) is 12.5 Å². The zero-order chi connectivity index (χ0) is 17.5. The van der Waals surface area contributed by atoms with Gasteiger partial charge in [-0.3, -0.25) is 9.69 Å². The normalized spacial score (nSPS) is 10.7. The minimum atomic E-state index is -0.263. The molecule has 0 atom stereocenters. The lowest BCUT2D eigenvalue weighted by Crippen LogP contribution is -2.29. The van der Waals surface area contributed by atoms with Crippen LogP contribution in [0, 0.1) is 0 Å². The van der Waals surface area contributed by atoms with Crippen LogP contribution in [0.4, 0.5) is 0 Å². The van der Waals surface area contributed by atoms with Gasteiger partial charge in [0.05, 0.1) is 31.7 Å². The van der Waals surface area contributed by atoms with Crippen molar-refractivity contribution in [2.24, 2.45) is 0 Å². The summed E-state index contributed by atoms with van der Waals surface area (Å²) in [5.74, 6) is 1.18. The van der Waals surface area contributed by atoms with Crippen LogP contribution >= 0.6 is 27.3 Å². The van der Waals surface area contributed by atoms with Crippen molar-refractivity contribution in [3.8, 4) is 11.5 Å². The van der Waals surface area contributed by atoms with E-state index in [9.17, 15) is 4.79 Å². The first-order valence-electron chi connectivity index (χ1n) is 7.29. The van der Waals surface area contributed by atoms with Crippen molar-refractivity contribution < 1.29 is 19.0 Å². The predicted octanol–water partition coefficient (Wildman–Crippen LogP) is 3.70. The third-order valence-electron chi connectivity index (χ3n) is 3.41. The maximum atomic E-state index is 11.7. The molecule has 0 aliphatic rings. The first-order chi connectivity index (χ1) is 11.5. The van der Waals surface area contributed by atoms with Gasteiger partial charge < -0.3 is 14.2 Å². The van der Waals surface area contributed by atoms with Crippen molar-refractivity contribution in [1.29, 1.82) is 0 Å². The molecule has 1 heterocycles. The SMILES string of the molecule is COC(=O)CN(Cc1cc(OC)cc(OC)c1)Cc1ccc(Br)s1. The molecule has 0 fully saturated rings. The van der Waals surface area contributed by atoms with Gasteiger partial charge in [0, 0.05) is 24.0 Å². The second-order valence-electron chi connectivity index (χ2n) is 5.15. The number of esters is 1. The van der Waals surface area contributed by atoms with Crippen LogP contribution in [0.2, 0.25) is 0 Å². The molecule has 1 aromatic carbocycles. The second-order valence-corrected chi connectivity index (χ2v) is 7.70. The maximum Gasteiger partial charge on any atom is 0.319 e. The molecule has 0 unspecified atom stereocenters. The third-order valence-corrected chi connectivity index (χ3v) is 5.01. The molecule has 2 rings (SSSR count). The molecule has 0 amide bonds. The van der Waals surface area contributed by atoms with E-state index < -0.39 is 0 Å². The summed E-state index contributed by atoms with van der Waals surface area (Å²) < 4.78 is 16.5. The second kappa shape index (κ2) is 9.05. The molecule has 0 radical (unpaired) electrons. The Hall–Kier alpha value is -1.57. The van der Waals surface area contributed by atoms with Crippen molar-refractivity contribution in [2.45, 2.75) is 13.1 Å². The zero-order valence-corrected chi connectivity index (χ0v) is 16.3. The van der Waals surface area contributed by atoms with E-state index in [2.05, 4.69) is 15.9 Å². The van der Waals surface area contributed by atoms with Crippen LogP contribution in [0.5, 0.6) is 11.5 Å². The Morgan fingerprint density at radius 3 is 2.25 bits per heavy atom. The average molecular weight is 414 g/mol. The first kappa shape index (κ1) is 18.8. The molecular weight excluding hydrogens is 394 g/mol. The molecular formula is C17H20BrNO4S. The van der Waals surface area contributed by atoms with Gasteiger partial charge >= 0.3 is 5.97 Å². The predicted molar refractivity (Wildman–Crippen MR) is 97.7 cm³/mol. The first-order valence-corrected chi connectivity index (χ1v) is 8.90. The lowest BCUT2D eigenvalue weighted by molar-refractivity contribution is -0.142. The van der Waals surface area contributed by atoms with Gasteiger partial charge in [-0.15, -0.1) is 11.3 Å². The van der Waals surface area contributed by atoms with Gasteiger partial charge in [-0.25, -0.2) is 0 Å². The van der Waals surface area contributed by atoms with Gasteiger partial charge in [-0.2, -0.15) is 0 Å². The monoisotopic (exact) mass is 413 g/mol. The van der Waals surface area contributed by atoms with Gasteiger partial charge in [0.1, 0.15) is 11.5 Å². The Morgan fingerprint density at radius 2 is 1.75 bits per heavy atom. The third kappa shape index (κ3) is 5.51. The summed E-state index contributed by atoms with van der Waals surface area (Å²) in [7, 11) is 4.64. The van der Waals surface area contributed by atoms with E-state index in [0.717, 1.165) is 20.8 Å². The van der Waals surface area contributed by atoms with Gasteiger partial charge in [0.25, 0.3) is 0 Å². The Balaban J connectivity index is 2.18.